The topological polar surface area (TPSA) is 36.1 Å². The van der Waals surface area contributed by atoms with Crippen molar-refractivity contribution >= 4 is 28.4 Å². The van der Waals surface area contributed by atoms with Gasteiger partial charge < -0.3 is 9.88 Å². The van der Waals surface area contributed by atoms with Crippen molar-refractivity contribution in [3.8, 4) is 0 Å². The van der Waals surface area contributed by atoms with Crippen LogP contribution in [0.25, 0.3) is 10.9 Å². The van der Waals surface area contributed by atoms with Crippen LogP contribution in [-0.2, 0) is 0 Å². The molecular weight excluding hydrogens is 332 g/mol. The molecule has 0 radical (unpaired) electrons. The Hall–Kier alpha value is -2.26. The highest BCUT2D eigenvalue weighted by molar-refractivity contribution is 6.33. The Morgan fingerprint density at radius 2 is 1.76 bits per heavy atom. The molecule has 2 heterocycles. The van der Waals surface area contributed by atoms with Crippen LogP contribution in [0.4, 0.5) is 0 Å². The highest BCUT2D eigenvalue weighted by Crippen LogP contribution is 2.36. The third kappa shape index (κ3) is 2.93. The lowest BCUT2D eigenvalue weighted by Gasteiger charge is -2.32. The molecule has 0 saturated carbocycles. The summed E-state index contributed by atoms with van der Waals surface area (Å²) in [5.41, 5.74) is 4.47. The van der Waals surface area contributed by atoms with Gasteiger partial charge in [-0.15, -0.1) is 0 Å². The fourth-order valence-corrected chi connectivity index (χ4v) is 4.22. The van der Waals surface area contributed by atoms with Gasteiger partial charge in [0.1, 0.15) is 0 Å². The van der Waals surface area contributed by atoms with E-state index in [2.05, 4.69) is 36.2 Å². The molecule has 0 bridgehead atoms. The minimum absolute atomic E-state index is 0.0414. The Morgan fingerprint density at radius 1 is 1.08 bits per heavy atom. The number of carbonyl (C=O) groups excluding carboxylic acids is 1. The largest absolute Gasteiger partial charge is 0.358 e. The SMILES string of the molecule is Cc1[nH]c2ccccc2c1C1CCN(C(=O)c2ccccc2Cl)CC1. The fourth-order valence-electron chi connectivity index (χ4n) is 4.00. The second-order valence-electron chi connectivity index (χ2n) is 6.76. The number of nitrogens with zero attached hydrogens (tertiary/aromatic N) is 1. The average molecular weight is 353 g/mol. The number of para-hydroxylation sites is 1. The van der Waals surface area contributed by atoms with Crippen molar-refractivity contribution in [3.63, 3.8) is 0 Å². The van der Waals surface area contributed by atoms with Crippen molar-refractivity contribution in [1.29, 1.82) is 0 Å². The van der Waals surface area contributed by atoms with Crippen LogP contribution in [-0.4, -0.2) is 28.9 Å². The van der Waals surface area contributed by atoms with Gasteiger partial charge in [-0.05, 0) is 49.4 Å². The number of amides is 1. The van der Waals surface area contributed by atoms with Gasteiger partial charge in [-0.3, -0.25) is 4.79 Å². The summed E-state index contributed by atoms with van der Waals surface area (Å²) in [5.74, 6) is 0.533. The predicted octanol–water partition coefficient (Wildman–Crippen LogP) is 5.15. The number of fused-ring (bicyclic) bond motifs is 1. The first-order chi connectivity index (χ1) is 12.1. The third-order valence-electron chi connectivity index (χ3n) is 5.24. The van der Waals surface area contributed by atoms with Gasteiger partial charge in [0.2, 0.25) is 0 Å². The molecular formula is C21H21ClN2O. The lowest BCUT2D eigenvalue weighted by atomic mass is 9.87. The zero-order chi connectivity index (χ0) is 17.4. The zero-order valence-corrected chi connectivity index (χ0v) is 15.0. The number of carbonyl (C=O) groups is 1. The van der Waals surface area contributed by atoms with Crippen LogP contribution in [0, 0.1) is 6.92 Å². The summed E-state index contributed by atoms with van der Waals surface area (Å²) in [6.07, 6.45) is 1.97. The molecule has 4 rings (SSSR count). The number of halogens is 1. The molecule has 0 spiro atoms. The molecule has 0 atom stereocenters. The van der Waals surface area contributed by atoms with Gasteiger partial charge in [-0.1, -0.05) is 41.9 Å². The molecule has 1 fully saturated rings. The van der Waals surface area contributed by atoms with E-state index in [0.717, 1.165) is 25.9 Å². The van der Waals surface area contributed by atoms with Crippen molar-refractivity contribution in [2.45, 2.75) is 25.7 Å². The van der Waals surface area contributed by atoms with Crippen molar-refractivity contribution in [2.24, 2.45) is 0 Å². The lowest BCUT2D eigenvalue weighted by Crippen LogP contribution is -2.38. The van der Waals surface area contributed by atoms with E-state index >= 15 is 0 Å². The van der Waals surface area contributed by atoms with E-state index in [1.165, 1.54) is 22.2 Å². The Balaban J connectivity index is 1.53. The number of piperidine rings is 1. The van der Waals surface area contributed by atoms with E-state index in [9.17, 15) is 4.79 Å². The van der Waals surface area contributed by atoms with Crippen LogP contribution in [0.2, 0.25) is 5.02 Å². The summed E-state index contributed by atoms with van der Waals surface area (Å²) >= 11 is 6.18. The van der Waals surface area contributed by atoms with Crippen LogP contribution >= 0.6 is 11.6 Å². The molecule has 0 unspecified atom stereocenters. The van der Waals surface area contributed by atoms with Gasteiger partial charge in [0.05, 0.1) is 10.6 Å². The Bertz CT molecular complexity index is 923. The summed E-state index contributed by atoms with van der Waals surface area (Å²) in [5, 5.41) is 1.85. The Labute approximate surface area is 152 Å². The quantitative estimate of drug-likeness (QED) is 0.680. The van der Waals surface area contributed by atoms with E-state index in [1.54, 1.807) is 12.1 Å². The first kappa shape index (κ1) is 16.2. The van der Waals surface area contributed by atoms with Gasteiger partial charge in [-0.25, -0.2) is 0 Å². The van der Waals surface area contributed by atoms with E-state index < -0.39 is 0 Å². The number of likely N-dealkylation sites (tertiary alicyclic amines) is 1. The highest BCUT2D eigenvalue weighted by atomic mass is 35.5. The number of aryl methyl sites for hydroxylation is 1. The molecule has 3 aromatic rings. The first-order valence-electron chi connectivity index (χ1n) is 8.76. The van der Waals surface area contributed by atoms with Gasteiger partial charge in [0, 0.05) is 29.7 Å². The first-order valence-corrected chi connectivity index (χ1v) is 9.14. The van der Waals surface area contributed by atoms with Crippen LogP contribution in [0.1, 0.15) is 40.4 Å². The standard InChI is InChI=1S/C21H21ClN2O/c1-14-20(17-7-3-5-9-19(17)23-14)15-10-12-24(13-11-15)21(25)16-6-2-4-8-18(16)22/h2-9,15,23H,10-13H2,1H3. The second kappa shape index (κ2) is 6.57. The van der Waals surface area contributed by atoms with Crippen molar-refractivity contribution < 1.29 is 4.79 Å². The van der Waals surface area contributed by atoms with E-state index in [4.69, 9.17) is 11.6 Å². The van der Waals surface area contributed by atoms with Crippen LogP contribution < -0.4 is 0 Å². The van der Waals surface area contributed by atoms with Crippen molar-refractivity contribution in [2.75, 3.05) is 13.1 Å². The molecule has 1 N–H and O–H groups in total. The molecule has 1 aliphatic rings. The number of benzene rings is 2. The van der Waals surface area contributed by atoms with Crippen LogP contribution in [0.3, 0.4) is 0 Å². The lowest BCUT2D eigenvalue weighted by molar-refractivity contribution is 0.0713. The molecule has 1 aromatic heterocycles. The molecule has 2 aromatic carbocycles. The Morgan fingerprint density at radius 3 is 2.52 bits per heavy atom. The maximum Gasteiger partial charge on any atom is 0.255 e. The number of rotatable bonds is 2. The second-order valence-corrected chi connectivity index (χ2v) is 7.16. The third-order valence-corrected chi connectivity index (χ3v) is 5.57. The summed E-state index contributed by atoms with van der Waals surface area (Å²) < 4.78 is 0. The normalized spacial score (nSPS) is 15.7. The number of nitrogens with one attached hydrogen (secondary N) is 1. The van der Waals surface area contributed by atoms with Gasteiger partial charge >= 0.3 is 0 Å². The van der Waals surface area contributed by atoms with Gasteiger partial charge in [0.15, 0.2) is 0 Å². The monoisotopic (exact) mass is 352 g/mol. The van der Waals surface area contributed by atoms with E-state index in [1.807, 2.05) is 17.0 Å². The van der Waals surface area contributed by atoms with Gasteiger partial charge in [-0.2, -0.15) is 0 Å². The average Bonchev–Trinajstić information content (AvgIpc) is 2.97. The molecule has 128 valence electrons. The molecule has 1 saturated heterocycles. The van der Waals surface area contributed by atoms with Crippen molar-refractivity contribution in [1.82, 2.24) is 9.88 Å². The molecule has 0 aliphatic carbocycles. The number of hydrogen-bond donors (Lipinski definition) is 1. The van der Waals surface area contributed by atoms with Gasteiger partial charge in [0.25, 0.3) is 5.91 Å². The highest BCUT2D eigenvalue weighted by Gasteiger charge is 2.27. The molecule has 25 heavy (non-hydrogen) atoms. The number of H-pyrrole nitrogens is 1. The van der Waals surface area contributed by atoms with Crippen LogP contribution in [0.5, 0.6) is 0 Å². The van der Waals surface area contributed by atoms with Crippen molar-refractivity contribution in [3.05, 3.63) is 70.4 Å². The minimum atomic E-state index is 0.0414. The predicted molar refractivity (Wildman–Crippen MR) is 102 cm³/mol. The summed E-state index contributed by atoms with van der Waals surface area (Å²) in [6.45, 7) is 3.69. The maximum atomic E-state index is 12.7. The Kier molecular flexibility index (Phi) is 4.26. The number of hydrogen-bond acceptors (Lipinski definition) is 1. The molecule has 4 heteroatoms. The summed E-state index contributed by atoms with van der Waals surface area (Å²) in [4.78, 5) is 18.2. The maximum absolute atomic E-state index is 12.7. The van der Waals surface area contributed by atoms with E-state index in [-0.39, 0.29) is 5.91 Å². The molecule has 3 nitrogen and oxygen atoms in total. The summed E-state index contributed by atoms with van der Waals surface area (Å²) in [6, 6.07) is 15.8. The number of aromatic amines is 1. The smallest absolute Gasteiger partial charge is 0.255 e. The van der Waals surface area contributed by atoms with E-state index in [0.29, 0.717) is 16.5 Å². The molecule has 1 aliphatic heterocycles. The van der Waals surface area contributed by atoms with Crippen LogP contribution in [0.15, 0.2) is 48.5 Å². The minimum Gasteiger partial charge on any atom is -0.358 e. The summed E-state index contributed by atoms with van der Waals surface area (Å²) in [7, 11) is 0. The molecule has 1 amide bonds. The fraction of sp³-hybridized carbons (Fsp3) is 0.286. The zero-order valence-electron chi connectivity index (χ0n) is 14.3. The number of aromatic nitrogens is 1.